The average molecular weight is 154 g/mol. The smallest absolute Gasteiger partial charge is 0.0172 e. The number of hydrogen-bond donors (Lipinski definition) is 0. The van der Waals surface area contributed by atoms with E-state index in [4.69, 9.17) is 0 Å². The van der Waals surface area contributed by atoms with E-state index in [2.05, 4.69) is 46.8 Å². The van der Waals surface area contributed by atoms with Gasteiger partial charge in [-0.1, -0.05) is 46.8 Å². The van der Waals surface area contributed by atoms with Gasteiger partial charge in [-0.2, -0.15) is 0 Å². The molecule has 0 nitrogen and oxygen atoms in total. The zero-order valence-electron chi connectivity index (χ0n) is 8.65. The van der Waals surface area contributed by atoms with Crippen LogP contribution < -0.4 is 0 Å². The molecule has 0 aromatic carbocycles. The quantitative estimate of drug-likeness (QED) is 0.536. The molecular weight excluding hydrogens is 132 g/mol. The minimum absolute atomic E-state index is 0.393. The fourth-order valence-electron chi connectivity index (χ4n) is 1.56. The molecule has 11 heavy (non-hydrogen) atoms. The molecule has 0 saturated heterocycles. The summed E-state index contributed by atoms with van der Waals surface area (Å²) < 4.78 is 0. The Morgan fingerprint density at radius 3 is 2.18 bits per heavy atom. The molecule has 66 valence electrons. The fraction of sp³-hybridized carbons (Fsp3) is 0.818. The van der Waals surface area contributed by atoms with Gasteiger partial charge in [-0.05, 0) is 24.2 Å². The average Bonchev–Trinajstić information content (AvgIpc) is 1.81. The second kappa shape index (κ2) is 4.58. The van der Waals surface area contributed by atoms with Crippen LogP contribution in [0.15, 0.2) is 12.2 Å². The Morgan fingerprint density at radius 1 is 1.27 bits per heavy atom. The van der Waals surface area contributed by atoms with Gasteiger partial charge in [0.1, 0.15) is 0 Å². The van der Waals surface area contributed by atoms with Crippen molar-refractivity contribution in [2.24, 2.45) is 11.3 Å². The second-order valence-electron chi connectivity index (χ2n) is 4.40. The molecule has 0 aromatic heterocycles. The Balaban J connectivity index is 3.89. The third kappa shape index (κ3) is 6.15. The summed E-state index contributed by atoms with van der Waals surface area (Å²) >= 11 is 0. The Hall–Kier alpha value is -0.260. The van der Waals surface area contributed by atoms with Crippen LogP contribution in [0.4, 0.5) is 0 Å². The number of hydrogen-bond acceptors (Lipinski definition) is 0. The van der Waals surface area contributed by atoms with Gasteiger partial charge >= 0.3 is 0 Å². The largest absolute Gasteiger partial charge is 0.0883 e. The van der Waals surface area contributed by atoms with Crippen molar-refractivity contribution in [3.05, 3.63) is 12.2 Å². The van der Waals surface area contributed by atoms with Crippen molar-refractivity contribution in [1.82, 2.24) is 0 Å². The van der Waals surface area contributed by atoms with Crippen LogP contribution in [0.2, 0.25) is 0 Å². The first kappa shape index (κ1) is 10.7. The third-order valence-corrected chi connectivity index (χ3v) is 1.74. The van der Waals surface area contributed by atoms with Crippen LogP contribution >= 0.6 is 0 Å². The van der Waals surface area contributed by atoms with Crippen LogP contribution in [-0.2, 0) is 0 Å². The molecule has 0 spiro atoms. The van der Waals surface area contributed by atoms with Crippen LogP contribution in [0.3, 0.4) is 0 Å². The van der Waals surface area contributed by atoms with Crippen molar-refractivity contribution in [3.63, 3.8) is 0 Å². The van der Waals surface area contributed by atoms with Crippen molar-refractivity contribution in [1.29, 1.82) is 0 Å². The number of allylic oxidation sites excluding steroid dienone is 2. The van der Waals surface area contributed by atoms with Gasteiger partial charge < -0.3 is 0 Å². The van der Waals surface area contributed by atoms with Gasteiger partial charge in [-0.15, -0.1) is 0 Å². The zero-order chi connectivity index (χ0) is 8.91. The highest BCUT2D eigenvalue weighted by Crippen LogP contribution is 2.26. The van der Waals surface area contributed by atoms with Gasteiger partial charge in [0.15, 0.2) is 0 Å². The van der Waals surface area contributed by atoms with Gasteiger partial charge in [0.2, 0.25) is 0 Å². The topological polar surface area (TPSA) is 0 Å². The van der Waals surface area contributed by atoms with E-state index in [0.717, 1.165) is 12.3 Å². The van der Waals surface area contributed by atoms with Crippen molar-refractivity contribution in [3.8, 4) is 0 Å². The minimum Gasteiger partial charge on any atom is -0.0883 e. The van der Waals surface area contributed by atoms with Crippen LogP contribution in [0, 0.1) is 11.3 Å². The molecule has 0 amide bonds. The van der Waals surface area contributed by atoms with E-state index in [1.807, 2.05) is 0 Å². The Morgan fingerprint density at radius 2 is 1.82 bits per heavy atom. The maximum atomic E-state index is 2.34. The van der Waals surface area contributed by atoms with Gasteiger partial charge in [0, 0.05) is 0 Å². The summed E-state index contributed by atoms with van der Waals surface area (Å²) in [4.78, 5) is 0. The lowest BCUT2D eigenvalue weighted by atomic mass is 9.83. The van der Waals surface area contributed by atoms with Gasteiger partial charge in [-0.3, -0.25) is 0 Å². The standard InChI is InChI=1S/C11H22/c1-6-7-8-11(4,5)9-10(2)3/h7-8,10H,6,9H2,1-5H3/b8-7+. The summed E-state index contributed by atoms with van der Waals surface area (Å²) in [7, 11) is 0. The molecule has 0 radical (unpaired) electrons. The Bertz CT molecular complexity index is 118. The van der Waals surface area contributed by atoms with E-state index in [0.29, 0.717) is 5.41 Å². The molecule has 0 unspecified atom stereocenters. The van der Waals surface area contributed by atoms with Crippen molar-refractivity contribution in [2.45, 2.75) is 47.5 Å². The molecule has 0 N–H and O–H groups in total. The number of rotatable bonds is 4. The van der Waals surface area contributed by atoms with Crippen LogP contribution in [0.1, 0.15) is 47.5 Å². The normalized spacial score (nSPS) is 13.3. The van der Waals surface area contributed by atoms with E-state index < -0.39 is 0 Å². The maximum Gasteiger partial charge on any atom is -0.0172 e. The lowest BCUT2D eigenvalue weighted by molar-refractivity contribution is 0.365. The lowest BCUT2D eigenvalue weighted by Gasteiger charge is -2.22. The predicted molar refractivity (Wildman–Crippen MR) is 52.7 cm³/mol. The summed E-state index contributed by atoms with van der Waals surface area (Å²) in [5.74, 6) is 0.798. The van der Waals surface area contributed by atoms with E-state index in [1.54, 1.807) is 0 Å². The second-order valence-corrected chi connectivity index (χ2v) is 4.40. The highest BCUT2D eigenvalue weighted by atomic mass is 14.2. The van der Waals surface area contributed by atoms with Gasteiger partial charge in [0.25, 0.3) is 0 Å². The van der Waals surface area contributed by atoms with Crippen molar-refractivity contribution < 1.29 is 0 Å². The van der Waals surface area contributed by atoms with Crippen LogP contribution in [0.5, 0.6) is 0 Å². The summed E-state index contributed by atoms with van der Waals surface area (Å²) in [6.07, 6.45) is 7.04. The third-order valence-electron chi connectivity index (χ3n) is 1.74. The predicted octanol–water partition coefficient (Wildman–Crippen LogP) is 4.02. The lowest BCUT2D eigenvalue weighted by Crippen LogP contribution is -2.10. The molecule has 0 aliphatic heterocycles. The van der Waals surface area contributed by atoms with Gasteiger partial charge in [-0.25, -0.2) is 0 Å². The van der Waals surface area contributed by atoms with Crippen LogP contribution in [0.25, 0.3) is 0 Å². The monoisotopic (exact) mass is 154 g/mol. The summed E-state index contributed by atoms with van der Waals surface area (Å²) in [5, 5.41) is 0. The molecule has 0 aliphatic rings. The highest BCUT2D eigenvalue weighted by Gasteiger charge is 2.14. The molecule has 0 rings (SSSR count). The van der Waals surface area contributed by atoms with E-state index in [9.17, 15) is 0 Å². The molecule has 0 aromatic rings. The molecule has 0 saturated carbocycles. The SMILES string of the molecule is CC/C=C/C(C)(C)CC(C)C. The first-order valence-electron chi connectivity index (χ1n) is 4.65. The molecule has 0 heterocycles. The summed E-state index contributed by atoms with van der Waals surface area (Å²) in [5.41, 5.74) is 0.393. The first-order chi connectivity index (χ1) is 4.98. The molecule has 0 bridgehead atoms. The first-order valence-corrected chi connectivity index (χ1v) is 4.65. The van der Waals surface area contributed by atoms with E-state index >= 15 is 0 Å². The van der Waals surface area contributed by atoms with E-state index in [-0.39, 0.29) is 0 Å². The fourth-order valence-corrected chi connectivity index (χ4v) is 1.56. The Labute approximate surface area is 71.7 Å². The molecular formula is C11H22. The zero-order valence-corrected chi connectivity index (χ0v) is 8.65. The molecule has 0 fully saturated rings. The maximum absolute atomic E-state index is 2.34. The highest BCUT2D eigenvalue weighted by molar-refractivity contribution is 4.94. The summed E-state index contributed by atoms with van der Waals surface area (Å²) in [6.45, 7) is 11.4. The molecule has 0 heteroatoms. The summed E-state index contributed by atoms with van der Waals surface area (Å²) in [6, 6.07) is 0. The van der Waals surface area contributed by atoms with Crippen molar-refractivity contribution >= 4 is 0 Å². The molecule has 0 aliphatic carbocycles. The minimum atomic E-state index is 0.393. The Kier molecular flexibility index (Phi) is 4.48. The van der Waals surface area contributed by atoms with Crippen molar-refractivity contribution in [2.75, 3.05) is 0 Å². The van der Waals surface area contributed by atoms with E-state index in [1.165, 1.54) is 6.42 Å². The molecule has 0 atom stereocenters. The van der Waals surface area contributed by atoms with Gasteiger partial charge in [0.05, 0.1) is 0 Å². The van der Waals surface area contributed by atoms with Crippen LogP contribution in [-0.4, -0.2) is 0 Å².